The van der Waals surface area contributed by atoms with Crippen molar-refractivity contribution in [3.63, 3.8) is 0 Å². The molecule has 90 valence electrons. The molecule has 0 bridgehead atoms. The summed E-state index contributed by atoms with van der Waals surface area (Å²) in [7, 11) is 0. The van der Waals surface area contributed by atoms with Gasteiger partial charge in [0.05, 0.1) is 0 Å². The van der Waals surface area contributed by atoms with Crippen molar-refractivity contribution >= 4 is 0 Å². The highest BCUT2D eigenvalue weighted by molar-refractivity contribution is 5.40. The molecule has 1 aromatic heterocycles. The Morgan fingerprint density at radius 3 is 1.50 bits per heavy atom. The van der Waals surface area contributed by atoms with Crippen LogP contribution < -0.4 is 0 Å². The largest absolute Gasteiger partial charge is 0.264 e. The van der Waals surface area contributed by atoms with Gasteiger partial charge in [0, 0.05) is 12.4 Å². The van der Waals surface area contributed by atoms with Gasteiger partial charge in [0.25, 0.3) is 0 Å². The molecule has 0 aromatic carbocycles. The number of hydrogen-bond donors (Lipinski definition) is 0. The molecule has 1 heterocycles. The zero-order valence-electron chi connectivity index (χ0n) is 11.8. The highest BCUT2D eigenvalue weighted by Crippen LogP contribution is 2.35. The van der Waals surface area contributed by atoms with Gasteiger partial charge in [-0.05, 0) is 33.9 Å². The fraction of sp³-hybridized carbons (Fsp3) is 0.667. The zero-order chi connectivity index (χ0) is 12.5. The summed E-state index contributed by atoms with van der Waals surface area (Å²) in [6, 6.07) is 0. The average molecular weight is 219 g/mol. The monoisotopic (exact) mass is 219 g/mol. The molecule has 0 aliphatic heterocycles. The minimum Gasteiger partial charge on any atom is -0.264 e. The van der Waals surface area contributed by atoms with Gasteiger partial charge < -0.3 is 0 Å². The first-order valence-electron chi connectivity index (χ1n) is 6.23. The summed E-state index contributed by atoms with van der Waals surface area (Å²) in [5.41, 5.74) is 4.49. The Bertz CT molecular complexity index is 330. The molecule has 0 unspecified atom stereocenters. The van der Waals surface area contributed by atoms with Gasteiger partial charge in [-0.1, -0.05) is 48.5 Å². The van der Waals surface area contributed by atoms with Crippen molar-refractivity contribution in [2.75, 3.05) is 0 Å². The summed E-state index contributed by atoms with van der Waals surface area (Å²) in [6.45, 7) is 15.9. The normalized spacial score (nSPS) is 12.6. The number of nitrogens with zero attached hydrogens (tertiary/aromatic N) is 1. The number of rotatable bonds is 2. The van der Waals surface area contributed by atoms with Crippen LogP contribution in [0.15, 0.2) is 12.4 Å². The third kappa shape index (κ3) is 2.63. The highest BCUT2D eigenvalue weighted by Gasteiger charge is 2.24. The van der Waals surface area contributed by atoms with E-state index in [0.29, 0.717) is 11.8 Å². The lowest BCUT2D eigenvalue weighted by Crippen LogP contribution is -2.19. The van der Waals surface area contributed by atoms with E-state index in [4.69, 9.17) is 0 Å². The standard InChI is InChI=1S/C15H25N/c1-10(2)12-8-16-9-13(11(3)4)14(12)15(5,6)7/h8-11H,1-7H3. The third-order valence-corrected chi connectivity index (χ3v) is 3.00. The van der Waals surface area contributed by atoms with Gasteiger partial charge in [0.15, 0.2) is 0 Å². The van der Waals surface area contributed by atoms with Gasteiger partial charge in [-0.3, -0.25) is 4.98 Å². The van der Waals surface area contributed by atoms with Crippen molar-refractivity contribution in [3.05, 3.63) is 29.1 Å². The number of aromatic nitrogens is 1. The summed E-state index contributed by atoms with van der Waals surface area (Å²) in [6.07, 6.45) is 4.08. The summed E-state index contributed by atoms with van der Waals surface area (Å²) in [5.74, 6) is 1.08. The van der Waals surface area contributed by atoms with Crippen LogP contribution in [0.4, 0.5) is 0 Å². The van der Waals surface area contributed by atoms with Gasteiger partial charge >= 0.3 is 0 Å². The molecular formula is C15H25N. The van der Waals surface area contributed by atoms with Crippen molar-refractivity contribution < 1.29 is 0 Å². The van der Waals surface area contributed by atoms with E-state index in [1.54, 1.807) is 0 Å². The Kier molecular flexibility index (Phi) is 3.77. The van der Waals surface area contributed by atoms with Crippen LogP contribution in [0.2, 0.25) is 0 Å². The minimum absolute atomic E-state index is 0.197. The van der Waals surface area contributed by atoms with Crippen LogP contribution in [-0.4, -0.2) is 4.98 Å². The predicted molar refractivity (Wildman–Crippen MR) is 71.1 cm³/mol. The van der Waals surface area contributed by atoms with E-state index >= 15 is 0 Å². The molecule has 0 saturated heterocycles. The first-order valence-corrected chi connectivity index (χ1v) is 6.23. The van der Waals surface area contributed by atoms with Crippen molar-refractivity contribution in [2.24, 2.45) is 0 Å². The van der Waals surface area contributed by atoms with Crippen LogP contribution >= 0.6 is 0 Å². The van der Waals surface area contributed by atoms with Crippen LogP contribution in [0, 0.1) is 0 Å². The first kappa shape index (κ1) is 13.2. The molecule has 1 nitrogen and oxygen atoms in total. The van der Waals surface area contributed by atoms with Crippen LogP contribution in [0.25, 0.3) is 0 Å². The number of pyridine rings is 1. The second-order valence-electron chi connectivity index (χ2n) is 6.25. The maximum absolute atomic E-state index is 4.40. The van der Waals surface area contributed by atoms with Crippen LogP contribution in [0.1, 0.15) is 77.0 Å². The van der Waals surface area contributed by atoms with E-state index in [0.717, 1.165) is 0 Å². The molecule has 0 saturated carbocycles. The third-order valence-electron chi connectivity index (χ3n) is 3.00. The van der Waals surface area contributed by atoms with Crippen molar-refractivity contribution in [1.82, 2.24) is 4.98 Å². The second-order valence-corrected chi connectivity index (χ2v) is 6.25. The second kappa shape index (κ2) is 4.57. The molecule has 0 amide bonds. The minimum atomic E-state index is 0.197. The topological polar surface area (TPSA) is 12.9 Å². The smallest absolute Gasteiger partial charge is 0.0305 e. The van der Waals surface area contributed by atoms with Crippen molar-refractivity contribution in [2.45, 2.75) is 65.7 Å². The fourth-order valence-corrected chi connectivity index (χ4v) is 2.24. The van der Waals surface area contributed by atoms with E-state index in [1.165, 1.54) is 16.7 Å². The summed E-state index contributed by atoms with van der Waals surface area (Å²) in [4.78, 5) is 4.40. The molecule has 0 atom stereocenters. The maximum Gasteiger partial charge on any atom is 0.0305 e. The van der Waals surface area contributed by atoms with Crippen molar-refractivity contribution in [1.29, 1.82) is 0 Å². The Morgan fingerprint density at radius 2 is 1.25 bits per heavy atom. The molecule has 0 fully saturated rings. The Morgan fingerprint density at radius 1 is 0.875 bits per heavy atom. The zero-order valence-corrected chi connectivity index (χ0v) is 11.8. The summed E-state index contributed by atoms with van der Waals surface area (Å²) in [5, 5.41) is 0. The summed E-state index contributed by atoms with van der Waals surface area (Å²) >= 11 is 0. The molecule has 0 spiro atoms. The van der Waals surface area contributed by atoms with E-state index < -0.39 is 0 Å². The van der Waals surface area contributed by atoms with Gasteiger partial charge in [-0.15, -0.1) is 0 Å². The molecule has 16 heavy (non-hydrogen) atoms. The molecule has 0 aliphatic rings. The van der Waals surface area contributed by atoms with E-state index in [1.807, 2.05) is 12.4 Å². The van der Waals surface area contributed by atoms with Gasteiger partial charge in [-0.25, -0.2) is 0 Å². The fourth-order valence-electron chi connectivity index (χ4n) is 2.24. The van der Waals surface area contributed by atoms with Gasteiger partial charge in [-0.2, -0.15) is 0 Å². The Balaban J connectivity index is 3.48. The SMILES string of the molecule is CC(C)c1cncc(C(C)C)c1C(C)(C)C. The molecular weight excluding hydrogens is 194 g/mol. The van der Waals surface area contributed by atoms with Crippen molar-refractivity contribution in [3.8, 4) is 0 Å². The molecule has 1 rings (SSSR count). The Labute approximate surface area is 100 Å². The lowest BCUT2D eigenvalue weighted by atomic mass is 9.77. The van der Waals surface area contributed by atoms with E-state index in [2.05, 4.69) is 53.5 Å². The van der Waals surface area contributed by atoms with Crippen LogP contribution in [-0.2, 0) is 5.41 Å². The maximum atomic E-state index is 4.40. The first-order chi connectivity index (χ1) is 7.25. The number of hydrogen-bond acceptors (Lipinski definition) is 1. The predicted octanol–water partition coefficient (Wildman–Crippen LogP) is 4.63. The van der Waals surface area contributed by atoms with Gasteiger partial charge in [0.1, 0.15) is 0 Å². The van der Waals surface area contributed by atoms with E-state index in [-0.39, 0.29) is 5.41 Å². The average Bonchev–Trinajstić information content (AvgIpc) is 2.15. The molecule has 0 aliphatic carbocycles. The highest BCUT2D eigenvalue weighted by atomic mass is 14.6. The van der Waals surface area contributed by atoms with Crippen LogP contribution in [0.5, 0.6) is 0 Å². The van der Waals surface area contributed by atoms with E-state index in [9.17, 15) is 0 Å². The lowest BCUT2D eigenvalue weighted by molar-refractivity contribution is 0.561. The quantitative estimate of drug-likeness (QED) is 0.707. The molecule has 0 N–H and O–H groups in total. The molecule has 1 aromatic rings. The summed E-state index contributed by atoms with van der Waals surface area (Å²) < 4.78 is 0. The van der Waals surface area contributed by atoms with Crippen LogP contribution in [0.3, 0.4) is 0 Å². The molecule has 1 heteroatoms. The molecule has 0 radical (unpaired) electrons. The lowest BCUT2D eigenvalue weighted by Gasteiger charge is -2.29. The Hall–Kier alpha value is -0.850. The van der Waals surface area contributed by atoms with Gasteiger partial charge in [0.2, 0.25) is 0 Å².